The Morgan fingerprint density at radius 2 is 2.12 bits per heavy atom. The Morgan fingerprint density at radius 1 is 1.25 bits per heavy atom. The number of rotatable bonds is 3. The van der Waals surface area contributed by atoms with Crippen LogP contribution in [-0.4, -0.2) is 15.5 Å². The average Bonchev–Trinajstić information content (AvgIpc) is 3.19. The molecule has 3 aromatic rings. The number of thioether (sulfide) groups is 1. The van der Waals surface area contributed by atoms with Crippen LogP contribution >= 0.6 is 23.4 Å². The van der Waals surface area contributed by atoms with E-state index < -0.39 is 0 Å². The standard InChI is InChI=1S/C18H14ClN3OS/c19-14-6-2-1-5-13(14)17(23)21-15-7-9-22-16(15)11-24-18(22)12-4-3-8-20-10-12/h1-10,18H,11H2,(H,21,23). The van der Waals surface area contributed by atoms with E-state index in [0.29, 0.717) is 10.6 Å². The fraction of sp³-hybridized carbons (Fsp3) is 0.111. The molecule has 0 fully saturated rings. The second kappa shape index (κ2) is 6.34. The normalized spacial score (nSPS) is 16.0. The van der Waals surface area contributed by atoms with Crippen molar-refractivity contribution in [2.45, 2.75) is 11.1 Å². The molecule has 1 aliphatic heterocycles. The number of pyridine rings is 1. The predicted octanol–water partition coefficient (Wildman–Crippen LogP) is 4.58. The second-order valence-corrected chi connectivity index (χ2v) is 6.94. The molecule has 1 aromatic carbocycles. The Morgan fingerprint density at radius 3 is 2.92 bits per heavy atom. The van der Waals surface area contributed by atoms with Crippen LogP contribution in [0.2, 0.25) is 5.02 Å². The van der Waals surface area contributed by atoms with Gasteiger partial charge in [0.1, 0.15) is 5.37 Å². The van der Waals surface area contributed by atoms with Crippen molar-refractivity contribution in [2.75, 3.05) is 5.32 Å². The molecule has 1 N–H and O–H groups in total. The maximum absolute atomic E-state index is 12.5. The average molecular weight is 356 g/mol. The predicted molar refractivity (Wildman–Crippen MR) is 97.5 cm³/mol. The molecule has 120 valence electrons. The van der Waals surface area contributed by atoms with Gasteiger partial charge in [-0.2, -0.15) is 0 Å². The molecule has 0 bridgehead atoms. The Balaban J connectivity index is 1.60. The zero-order valence-electron chi connectivity index (χ0n) is 12.6. The Labute approximate surface area is 148 Å². The van der Waals surface area contributed by atoms with E-state index in [1.54, 1.807) is 24.4 Å². The molecular weight excluding hydrogens is 342 g/mol. The molecule has 0 spiro atoms. The Kier molecular flexibility index (Phi) is 4.04. The zero-order valence-corrected chi connectivity index (χ0v) is 14.2. The number of halogens is 1. The quantitative estimate of drug-likeness (QED) is 0.747. The first kappa shape index (κ1) is 15.3. The van der Waals surface area contributed by atoms with Gasteiger partial charge in [0.05, 0.1) is 22.0 Å². The summed E-state index contributed by atoms with van der Waals surface area (Å²) in [5.74, 6) is 0.648. The fourth-order valence-corrected chi connectivity index (χ4v) is 4.35. The summed E-state index contributed by atoms with van der Waals surface area (Å²) >= 11 is 7.92. The van der Waals surface area contributed by atoms with Crippen LogP contribution in [0.25, 0.3) is 0 Å². The maximum Gasteiger partial charge on any atom is 0.257 e. The summed E-state index contributed by atoms with van der Waals surface area (Å²) in [5.41, 5.74) is 3.57. The zero-order chi connectivity index (χ0) is 16.5. The van der Waals surface area contributed by atoms with Crippen molar-refractivity contribution < 1.29 is 4.79 Å². The summed E-state index contributed by atoms with van der Waals surface area (Å²) in [5, 5.41) is 3.62. The molecule has 0 radical (unpaired) electrons. The van der Waals surface area contributed by atoms with Crippen LogP contribution in [0, 0.1) is 0 Å². The number of nitrogens with zero attached hydrogens (tertiary/aromatic N) is 2. The summed E-state index contributed by atoms with van der Waals surface area (Å²) in [4.78, 5) is 16.7. The van der Waals surface area contributed by atoms with E-state index >= 15 is 0 Å². The SMILES string of the molecule is O=C(Nc1ccn2c1CSC2c1cccnc1)c1ccccc1Cl. The molecule has 1 atom stereocenters. The van der Waals surface area contributed by atoms with Gasteiger partial charge in [0, 0.05) is 29.9 Å². The summed E-state index contributed by atoms with van der Waals surface area (Å²) in [6, 6.07) is 13.0. The first-order chi connectivity index (χ1) is 11.7. The Hall–Kier alpha value is -2.24. The van der Waals surface area contributed by atoms with Crippen molar-refractivity contribution in [1.82, 2.24) is 9.55 Å². The summed E-state index contributed by atoms with van der Waals surface area (Å²) in [6.07, 6.45) is 5.67. The molecule has 0 saturated heterocycles. The minimum atomic E-state index is -0.190. The number of fused-ring (bicyclic) bond motifs is 1. The van der Waals surface area contributed by atoms with Gasteiger partial charge >= 0.3 is 0 Å². The van der Waals surface area contributed by atoms with Gasteiger partial charge in [0.15, 0.2) is 0 Å². The van der Waals surface area contributed by atoms with Crippen LogP contribution in [0.15, 0.2) is 61.1 Å². The number of anilines is 1. The van der Waals surface area contributed by atoms with Crippen LogP contribution in [0.5, 0.6) is 0 Å². The van der Waals surface area contributed by atoms with Gasteiger partial charge in [-0.15, -0.1) is 11.8 Å². The highest BCUT2D eigenvalue weighted by molar-refractivity contribution is 7.99. The minimum absolute atomic E-state index is 0.190. The summed E-state index contributed by atoms with van der Waals surface area (Å²) in [6.45, 7) is 0. The van der Waals surface area contributed by atoms with Crippen LogP contribution in [-0.2, 0) is 5.75 Å². The van der Waals surface area contributed by atoms with E-state index in [4.69, 9.17) is 11.6 Å². The molecular formula is C18H14ClN3OS. The van der Waals surface area contributed by atoms with Crippen LogP contribution < -0.4 is 5.32 Å². The fourth-order valence-electron chi connectivity index (χ4n) is 2.82. The molecule has 3 heterocycles. The first-order valence-corrected chi connectivity index (χ1v) is 8.94. The van der Waals surface area contributed by atoms with E-state index in [1.165, 1.54) is 0 Å². The molecule has 24 heavy (non-hydrogen) atoms. The highest BCUT2D eigenvalue weighted by atomic mass is 35.5. The van der Waals surface area contributed by atoms with Crippen molar-refractivity contribution in [1.29, 1.82) is 0 Å². The third-order valence-electron chi connectivity index (χ3n) is 3.99. The minimum Gasteiger partial charge on any atom is -0.332 e. The monoisotopic (exact) mass is 355 g/mol. The lowest BCUT2D eigenvalue weighted by atomic mass is 10.2. The summed E-state index contributed by atoms with van der Waals surface area (Å²) in [7, 11) is 0. The third kappa shape index (κ3) is 2.70. The number of benzene rings is 1. The number of hydrogen-bond acceptors (Lipinski definition) is 3. The summed E-state index contributed by atoms with van der Waals surface area (Å²) < 4.78 is 2.18. The second-order valence-electron chi connectivity index (χ2n) is 5.47. The van der Waals surface area contributed by atoms with Crippen LogP contribution in [0.1, 0.15) is 27.0 Å². The van der Waals surface area contributed by atoms with Crippen molar-refractivity contribution >= 4 is 35.0 Å². The topological polar surface area (TPSA) is 46.9 Å². The number of hydrogen-bond donors (Lipinski definition) is 1. The van der Waals surface area contributed by atoms with Gasteiger partial charge in [-0.25, -0.2) is 0 Å². The van der Waals surface area contributed by atoms with Crippen molar-refractivity contribution in [3.63, 3.8) is 0 Å². The van der Waals surface area contributed by atoms with Gasteiger partial charge in [0.2, 0.25) is 0 Å². The van der Waals surface area contributed by atoms with E-state index in [0.717, 1.165) is 22.7 Å². The molecule has 6 heteroatoms. The number of carbonyl (C=O) groups is 1. The first-order valence-electron chi connectivity index (χ1n) is 7.51. The lowest BCUT2D eigenvalue weighted by Crippen LogP contribution is -2.13. The van der Waals surface area contributed by atoms with Crippen LogP contribution in [0.4, 0.5) is 5.69 Å². The van der Waals surface area contributed by atoms with Gasteiger partial charge < -0.3 is 9.88 Å². The number of nitrogens with one attached hydrogen (secondary N) is 1. The molecule has 1 aliphatic rings. The molecule has 0 saturated carbocycles. The molecule has 0 aliphatic carbocycles. The molecule has 1 unspecified atom stereocenters. The van der Waals surface area contributed by atoms with E-state index in [-0.39, 0.29) is 11.3 Å². The van der Waals surface area contributed by atoms with Crippen LogP contribution in [0.3, 0.4) is 0 Å². The van der Waals surface area contributed by atoms with E-state index in [9.17, 15) is 4.79 Å². The third-order valence-corrected chi connectivity index (χ3v) is 5.58. The Bertz CT molecular complexity index is 894. The van der Waals surface area contributed by atoms with Crippen molar-refractivity contribution in [3.8, 4) is 0 Å². The molecule has 4 rings (SSSR count). The van der Waals surface area contributed by atoms with Gasteiger partial charge in [-0.3, -0.25) is 9.78 Å². The molecule has 1 amide bonds. The van der Waals surface area contributed by atoms with E-state index in [1.807, 2.05) is 42.4 Å². The highest BCUT2D eigenvalue weighted by Gasteiger charge is 2.27. The highest BCUT2D eigenvalue weighted by Crippen LogP contribution is 2.43. The van der Waals surface area contributed by atoms with Crippen molar-refractivity contribution in [3.05, 3.63) is 82.9 Å². The number of aromatic nitrogens is 2. The van der Waals surface area contributed by atoms with Crippen molar-refractivity contribution in [2.24, 2.45) is 0 Å². The van der Waals surface area contributed by atoms with Gasteiger partial charge in [-0.1, -0.05) is 29.8 Å². The smallest absolute Gasteiger partial charge is 0.257 e. The maximum atomic E-state index is 12.5. The largest absolute Gasteiger partial charge is 0.332 e. The van der Waals surface area contributed by atoms with Gasteiger partial charge in [-0.05, 0) is 24.3 Å². The molecule has 2 aromatic heterocycles. The molecule has 4 nitrogen and oxygen atoms in total. The van der Waals surface area contributed by atoms with E-state index in [2.05, 4.69) is 20.9 Å². The lowest BCUT2D eigenvalue weighted by Gasteiger charge is -2.12. The lowest BCUT2D eigenvalue weighted by molar-refractivity contribution is 0.102. The number of amides is 1. The number of carbonyl (C=O) groups excluding carboxylic acids is 1. The van der Waals surface area contributed by atoms with Gasteiger partial charge in [0.25, 0.3) is 5.91 Å².